The molecule has 9 heteroatoms. The van der Waals surface area contributed by atoms with E-state index in [4.69, 9.17) is 14.2 Å². The predicted octanol–water partition coefficient (Wildman–Crippen LogP) is 4.93. The Morgan fingerprint density at radius 2 is 1.27 bits per heavy atom. The summed E-state index contributed by atoms with van der Waals surface area (Å²) in [4.78, 5) is 38.0. The molecule has 4 aromatic carbocycles. The predicted molar refractivity (Wildman–Crippen MR) is 163 cm³/mol. The van der Waals surface area contributed by atoms with Crippen LogP contribution in [0.2, 0.25) is 0 Å². The fraction of sp³-hybridized carbons (Fsp3) is 0.229. The van der Waals surface area contributed by atoms with E-state index in [9.17, 15) is 18.8 Å². The lowest BCUT2D eigenvalue weighted by molar-refractivity contribution is -0.145. The molecule has 0 aliphatic carbocycles. The Kier molecular flexibility index (Phi) is 11.5. The van der Waals surface area contributed by atoms with Crippen LogP contribution in [0.3, 0.4) is 0 Å². The average Bonchev–Trinajstić information content (AvgIpc) is 3.04. The van der Waals surface area contributed by atoms with Gasteiger partial charge < -0.3 is 24.8 Å². The third-order valence-electron chi connectivity index (χ3n) is 6.80. The molecule has 0 radical (unpaired) electrons. The van der Waals surface area contributed by atoms with Crippen molar-refractivity contribution in [3.05, 3.63) is 131 Å². The van der Waals surface area contributed by atoms with Gasteiger partial charge in [0.1, 0.15) is 31.1 Å². The van der Waals surface area contributed by atoms with Crippen LogP contribution in [0, 0.1) is 5.82 Å². The molecule has 4 rings (SSSR count). The molecule has 4 aromatic rings. The molecule has 0 saturated carbocycles. The number of halogens is 1. The highest BCUT2D eigenvalue weighted by molar-refractivity contribution is 5.90. The summed E-state index contributed by atoms with van der Waals surface area (Å²) in [6.07, 6.45) is -0.0392. The number of carbonyl (C=O) groups excluding carboxylic acids is 3. The quantitative estimate of drug-likeness (QED) is 0.200. The van der Waals surface area contributed by atoms with Gasteiger partial charge in [-0.15, -0.1) is 0 Å². The molecule has 2 atom stereocenters. The largest absolute Gasteiger partial charge is 0.485 e. The first kappa shape index (κ1) is 31.7. The molecule has 0 aromatic heterocycles. The number of amides is 2. The van der Waals surface area contributed by atoms with Crippen molar-refractivity contribution in [1.29, 1.82) is 0 Å². The third-order valence-corrected chi connectivity index (χ3v) is 6.80. The second-order valence-corrected chi connectivity index (χ2v) is 10.2. The van der Waals surface area contributed by atoms with Crippen LogP contribution < -0.4 is 20.1 Å². The monoisotopic (exact) mass is 598 g/mol. The molecule has 0 saturated heterocycles. The number of rotatable bonds is 14. The van der Waals surface area contributed by atoms with E-state index >= 15 is 0 Å². The second kappa shape index (κ2) is 15.9. The molecular formula is C35H35FN2O6. The van der Waals surface area contributed by atoms with E-state index in [1.54, 1.807) is 24.3 Å². The van der Waals surface area contributed by atoms with Gasteiger partial charge in [-0.05, 0) is 40.5 Å². The van der Waals surface area contributed by atoms with Crippen molar-refractivity contribution >= 4 is 17.8 Å². The Balaban J connectivity index is 1.54. The molecule has 2 amide bonds. The van der Waals surface area contributed by atoms with E-state index in [0.29, 0.717) is 23.7 Å². The zero-order valence-electron chi connectivity index (χ0n) is 24.6. The Morgan fingerprint density at radius 1 is 0.682 bits per heavy atom. The number of nitrogens with one attached hydrogen (secondary N) is 2. The van der Waals surface area contributed by atoms with Crippen molar-refractivity contribution in [2.24, 2.45) is 0 Å². The van der Waals surface area contributed by atoms with E-state index in [2.05, 4.69) is 10.6 Å². The van der Waals surface area contributed by atoms with Crippen molar-refractivity contribution in [3.63, 3.8) is 0 Å². The number of ether oxygens (including phenoxy) is 3. The smallest absolute Gasteiger partial charge is 0.328 e. The molecule has 8 nitrogen and oxygen atoms in total. The highest BCUT2D eigenvalue weighted by Crippen LogP contribution is 2.31. The Morgan fingerprint density at radius 3 is 1.86 bits per heavy atom. The highest BCUT2D eigenvalue weighted by atomic mass is 19.1. The lowest BCUT2D eigenvalue weighted by atomic mass is 10.0. The molecule has 228 valence electrons. The van der Waals surface area contributed by atoms with Crippen LogP contribution in [0.25, 0.3) is 0 Å². The van der Waals surface area contributed by atoms with E-state index in [-0.39, 0.29) is 25.0 Å². The summed E-state index contributed by atoms with van der Waals surface area (Å²) in [6, 6.07) is 28.5. The molecular weight excluding hydrogens is 563 g/mol. The lowest BCUT2D eigenvalue weighted by Crippen LogP contribution is -2.53. The van der Waals surface area contributed by atoms with Crippen LogP contribution >= 0.6 is 0 Å². The molecule has 0 spiro atoms. The van der Waals surface area contributed by atoms with Crippen molar-refractivity contribution in [2.75, 3.05) is 7.11 Å². The van der Waals surface area contributed by atoms with E-state index in [0.717, 1.165) is 11.1 Å². The maximum atomic E-state index is 14.3. The maximum Gasteiger partial charge on any atom is 0.328 e. The highest BCUT2D eigenvalue weighted by Gasteiger charge is 2.28. The first-order valence-corrected chi connectivity index (χ1v) is 14.2. The number of hydrogen-bond donors (Lipinski definition) is 2. The standard InChI is InChI=1S/C35H35FN2O6/c1-24(39)37-30(21-28-15-9-10-16-29(28)36)34(40)38-31(35(41)42-2)19-27-17-18-32(43-22-25-11-5-3-6-12-25)33(20-27)44-23-26-13-7-4-8-14-26/h3-18,20,30-31H,19,21-23H2,1-2H3,(H,37,39)(H,38,40)/t30-,31+/m0/s1. The number of esters is 1. The normalized spacial score (nSPS) is 12.0. The zero-order valence-corrected chi connectivity index (χ0v) is 24.6. The Labute approximate surface area is 256 Å². The summed E-state index contributed by atoms with van der Waals surface area (Å²) in [7, 11) is 1.22. The fourth-order valence-corrected chi connectivity index (χ4v) is 4.56. The van der Waals surface area contributed by atoms with Gasteiger partial charge in [0.2, 0.25) is 11.8 Å². The van der Waals surface area contributed by atoms with Gasteiger partial charge in [-0.3, -0.25) is 9.59 Å². The summed E-state index contributed by atoms with van der Waals surface area (Å²) in [5, 5.41) is 5.23. The summed E-state index contributed by atoms with van der Waals surface area (Å²) in [6.45, 7) is 1.88. The average molecular weight is 599 g/mol. The topological polar surface area (TPSA) is 103 Å². The SMILES string of the molecule is COC(=O)[C@@H](Cc1ccc(OCc2ccccc2)c(OCc2ccccc2)c1)NC(=O)[C@H](Cc1ccccc1F)NC(C)=O. The minimum Gasteiger partial charge on any atom is -0.485 e. The van der Waals surface area contributed by atoms with Crippen molar-refractivity contribution in [2.45, 2.75) is 45.1 Å². The summed E-state index contributed by atoms with van der Waals surface area (Å²) in [5.74, 6) is -1.32. The van der Waals surface area contributed by atoms with Gasteiger partial charge >= 0.3 is 5.97 Å². The minimum absolute atomic E-state index is 0.0611. The van der Waals surface area contributed by atoms with Crippen LogP contribution in [0.5, 0.6) is 11.5 Å². The number of benzene rings is 4. The number of methoxy groups -OCH3 is 1. The minimum atomic E-state index is -1.12. The summed E-state index contributed by atoms with van der Waals surface area (Å²) >= 11 is 0. The molecule has 0 aliphatic rings. The van der Waals surface area contributed by atoms with Crippen molar-refractivity contribution < 1.29 is 33.0 Å². The lowest BCUT2D eigenvalue weighted by Gasteiger charge is -2.22. The fourth-order valence-electron chi connectivity index (χ4n) is 4.56. The Hall–Kier alpha value is -5.18. The summed E-state index contributed by atoms with van der Waals surface area (Å²) < 4.78 is 31.5. The number of hydrogen-bond acceptors (Lipinski definition) is 6. The number of carbonyl (C=O) groups is 3. The summed E-state index contributed by atoms with van der Waals surface area (Å²) in [5.41, 5.74) is 2.87. The Bertz CT molecular complexity index is 1550. The van der Waals surface area contributed by atoms with Crippen LogP contribution in [0.4, 0.5) is 4.39 Å². The molecule has 0 fully saturated rings. The van der Waals surface area contributed by atoms with Crippen LogP contribution in [-0.2, 0) is 45.2 Å². The first-order chi connectivity index (χ1) is 21.3. The second-order valence-electron chi connectivity index (χ2n) is 10.2. The van der Waals surface area contributed by atoms with Gasteiger partial charge in [-0.25, -0.2) is 9.18 Å². The first-order valence-electron chi connectivity index (χ1n) is 14.2. The van der Waals surface area contributed by atoms with Gasteiger partial charge in [0.05, 0.1) is 7.11 Å². The molecule has 0 bridgehead atoms. The molecule has 0 heterocycles. The van der Waals surface area contributed by atoms with E-state index < -0.39 is 35.7 Å². The van der Waals surface area contributed by atoms with Crippen molar-refractivity contribution in [3.8, 4) is 11.5 Å². The molecule has 44 heavy (non-hydrogen) atoms. The van der Waals surface area contributed by atoms with Gasteiger partial charge in [-0.1, -0.05) is 84.9 Å². The van der Waals surface area contributed by atoms with Gasteiger partial charge in [0.15, 0.2) is 11.5 Å². The molecule has 2 N–H and O–H groups in total. The molecule has 0 unspecified atom stereocenters. The van der Waals surface area contributed by atoms with Gasteiger partial charge in [-0.2, -0.15) is 0 Å². The molecule has 0 aliphatic heterocycles. The van der Waals surface area contributed by atoms with E-state index in [1.165, 1.54) is 32.2 Å². The van der Waals surface area contributed by atoms with Crippen LogP contribution in [0.1, 0.15) is 29.2 Å². The third kappa shape index (κ3) is 9.42. The van der Waals surface area contributed by atoms with E-state index in [1.807, 2.05) is 60.7 Å². The van der Waals surface area contributed by atoms with Crippen LogP contribution in [0.15, 0.2) is 103 Å². The van der Waals surface area contributed by atoms with Crippen molar-refractivity contribution in [1.82, 2.24) is 10.6 Å². The van der Waals surface area contributed by atoms with Crippen LogP contribution in [-0.4, -0.2) is 37.0 Å². The van der Waals surface area contributed by atoms with Gasteiger partial charge in [0.25, 0.3) is 0 Å². The zero-order chi connectivity index (χ0) is 31.3. The maximum absolute atomic E-state index is 14.3. The van der Waals surface area contributed by atoms with Gasteiger partial charge in [0, 0.05) is 19.8 Å².